The molecule has 4 rings (SSSR count). The second-order valence-corrected chi connectivity index (χ2v) is 12.0. The highest BCUT2D eigenvalue weighted by molar-refractivity contribution is 5.54. The molecule has 37 heavy (non-hydrogen) atoms. The molecule has 0 saturated heterocycles. The van der Waals surface area contributed by atoms with Crippen LogP contribution in [0.15, 0.2) is 42.5 Å². The Morgan fingerprint density at radius 2 is 1.73 bits per heavy atom. The Balaban J connectivity index is 0.000000695. The lowest BCUT2D eigenvalue weighted by atomic mass is 9.76. The quantitative estimate of drug-likeness (QED) is 0.156. The van der Waals surface area contributed by atoms with Gasteiger partial charge in [-0.3, -0.25) is 0 Å². The molecule has 0 unspecified atom stereocenters. The Morgan fingerprint density at radius 3 is 2.22 bits per heavy atom. The molecule has 0 radical (unpaired) electrons. The smallest absolute Gasteiger partial charge is 0.123 e. The molecule has 3 aliphatic carbocycles. The predicted molar refractivity (Wildman–Crippen MR) is 165 cm³/mol. The summed E-state index contributed by atoms with van der Waals surface area (Å²) in [4.78, 5) is 9.79. The van der Waals surface area contributed by atoms with Crippen LogP contribution in [-0.4, -0.2) is 6.29 Å². The van der Waals surface area contributed by atoms with E-state index in [0.29, 0.717) is 5.92 Å². The van der Waals surface area contributed by atoms with Crippen LogP contribution in [-0.2, 0) is 17.6 Å². The Hall–Kier alpha value is -1.63. The van der Waals surface area contributed by atoms with Gasteiger partial charge in [0.25, 0.3) is 0 Å². The van der Waals surface area contributed by atoms with E-state index in [1.54, 1.807) is 11.1 Å². The van der Waals surface area contributed by atoms with Gasteiger partial charge in [0.05, 0.1) is 0 Å². The highest BCUT2D eigenvalue weighted by Crippen LogP contribution is 2.42. The number of benzene rings is 1. The minimum absolute atomic E-state index is 0. The fourth-order valence-electron chi connectivity index (χ4n) is 5.79. The van der Waals surface area contributed by atoms with Gasteiger partial charge in [0.15, 0.2) is 0 Å². The van der Waals surface area contributed by atoms with Gasteiger partial charge in [0.1, 0.15) is 6.29 Å². The summed E-state index contributed by atoms with van der Waals surface area (Å²) >= 11 is 0. The van der Waals surface area contributed by atoms with Crippen molar-refractivity contribution in [1.82, 2.24) is 0 Å². The minimum Gasteiger partial charge on any atom is -0.303 e. The monoisotopic (exact) mass is 508 g/mol. The molecule has 1 heteroatoms. The largest absolute Gasteiger partial charge is 0.303 e. The summed E-state index contributed by atoms with van der Waals surface area (Å²) in [6.07, 6.45) is 25.3. The van der Waals surface area contributed by atoms with Crippen molar-refractivity contribution in [2.45, 2.75) is 137 Å². The van der Waals surface area contributed by atoms with E-state index in [4.69, 9.17) is 0 Å². The van der Waals surface area contributed by atoms with Crippen LogP contribution in [0.1, 0.15) is 142 Å². The predicted octanol–water partition coefficient (Wildman–Crippen LogP) is 11.1. The molecule has 0 spiro atoms. The summed E-state index contributed by atoms with van der Waals surface area (Å²) in [5.74, 6) is 4.01. The van der Waals surface area contributed by atoms with Gasteiger partial charge >= 0.3 is 0 Å². The van der Waals surface area contributed by atoms with Crippen LogP contribution >= 0.6 is 0 Å². The molecular formula is C36H60O. The molecule has 0 atom stereocenters. The Kier molecular flexibility index (Phi) is 15.2. The number of rotatable bonds is 12. The van der Waals surface area contributed by atoms with E-state index in [-0.39, 0.29) is 1.43 Å². The molecule has 0 amide bonds. The lowest BCUT2D eigenvalue weighted by Gasteiger charge is -2.30. The zero-order valence-corrected chi connectivity index (χ0v) is 25.1. The average Bonchev–Trinajstić information content (AvgIpc) is 3.73. The fraction of sp³-hybridized carbons (Fsp3) is 0.694. The molecule has 210 valence electrons. The number of aldehydes is 1. The van der Waals surface area contributed by atoms with Crippen LogP contribution in [0.3, 0.4) is 0 Å². The maximum atomic E-state index is 9.79. The van der Waals surface area contributed by atoms with Gasteiger partial charge < -0.3 is 4.79 Å². The maximum Gasteiger partial charge on any atom is 0.123 e. The van der Waals surface area contributed by atoms with E-state index >= 15 is 0 Å². The fourth-order valence-corrected chi connectivity index (χ4v) is 5.79. The summed E-state index contributed by atoms with van der Waals surface area (Å²) in [5, 5.41) is 0. The number of aryl methyl sites for hydroxylation is 1. The number of carbonyl (C=O) groups is 1. The van der Waals surface area contributed by atoms with E-state index in [1.165, 1.54) is 88.2 Å². The second kappa shape index (κ2) is 17.8. The van der Waals surface area contributed by atoms with Crippen molar-refractivity contribution in [3.8, 4) is 0 Å². The standard InChI is InChI=1S/C29H44.C5H8O.C2H6.H2/c1-5-7-8-9-28-21-25(14-19-29(28)27-17-18-27)20-23(6-2)10-11-24-12-15-26(16-13-24)22(3)4;6-4-5-2-1-3-5;1-2;/h6,10,14,19,21-22,24,26-27H,2,5,7-9,11-13,15-18,20H2,1,3-4H3;4-5H,1-3H2;1-2H3;1H/b23-10+;;;. The van der Waals surface area contributed by atoms with E-state index in [2.05, 4.69) is 57.7 Å². The summed E-state index contributed by atoms with van der Waals surface area (Å²) in [7, 11) is 0. The molecule has 0 aliphatic heterocycles. The summed E-state index contributed by atoms with van der Waals surface area (Å²) < 4.78 is 0. The Bertz CT molecular complexity index is 807. The number of hydrogen-bond donors (Lipinski definition) is 0. The van der Waals surface area contributed by atoms with E-state index in [9.17, 15) is 4.79 Å². The second-order valence-electron chi connectivity index (χ2n) is 12.0. The number of carbonyl (C=O) groups excluding carboxylic acids is 1. The molecular weight excluding hydrogens is 448 g/mol. The third kappa shape index (κ3) is 11.3. The van der Waals surface area contributed by atoms with Crippen molar-refractivity contribution in [2.75, 3.05) is 0 Å². The molecule has 1 nitrogen and oxygen atoms in total. The van der Waals surface area contributed by atoms with Crippen molar-refractivity contribution in [3.63, 3.8) is 0 Å². The Labute approximate surface area is 232 Å². The van der Waals surface area contributed by atoms with Gasteiger partial charge in [0, 0.05) is 7.34 Å². The topological polar surface area (TPSA) is 17.1 Å². The van der Waals surface area contributed by atoms with Crippen LogP contribution < -0.4 is 0 Å². The number of hydrogen-bond acceptors (Lipinski definition) is 1. The van der Waals surface area contributed by atoms with Crippen LogP contribution in [0.25, 0.3) is 0 Å². The molecule has 0 heterocycles. The highest BCUT2D eigenvalue weighted by atomic mass is 16.1. The molecule has 3 fully saturated rings. The van der Waals surface area contributed by atoms with Gasteiger partial charge in [-0.25, -0.2) is 0 Å². The molecule has 3 saturated carbocycles. The third-order valence-corrected chi connectivity index (χ3v) is 8.83. The lowest BCUT2D eigenvalue weighted by Crippen LogP contribution is -2.18. The SMILES string of the molecule is C=C/C(=C\CC1CCC(C(C)C)CC1)Cc1ccc(C2CC2)c(CCCCC)c1.CC.O=CC1CCC1.[HH]. The van der Waals surface area contributed by atoms with Crippen LogP contribution in [0, 0.1) is 23.7 Å². The molecule has 0 N–H and O–H groups in total. The van der Waals surface area contributed by atoms with Crippen LogP contribution in [0.5, 0.6) is 0 Å². The van der Waals surface area contributed by atoms with Gasteiger partial charge in [-0.1, -0.05) is 90.8 Å². The Morgan fingerprint density at radius 1 is 1.03 bits per heavy atom. The average molecular weight is 509 g/mol. The lowest BCUT2D eigenvalue weighted by molar-refractivity contribution is -0.113. The van der Waals surface area contributed by atoms with E-state index < -0.39 is 0 Å². The number of allylic oxidation sites excluding steroid dienone is 3. The molecule has 1 aromatic carbocycles. The summed E-state index contributed by atoms with van der Waals surface area (Å²) in [5.41, 5.74) is 6.19. The van der Waals surface area contributed by atoms with Crippen molar-refractivity contribution in [2.24, 2.45) is 23.7 Å². The summed E-state index contributed by atoms with van der Waals surface area (Å²) in [6.45, 7) is 15.2. The minimum atomic E-state index is 0. The van der Waals surface area contributed by atoms with Crippen LogP contribution in [0.2, 0.25) is 0 Å². The normalized spacial score (nSPS) is 21.7. The molecule has 1 aromatic rings. The van der Waals surface area contributed by atoms with Crippen molar-refractivity contribution < 1.29 is 6.22 Å². The molecule has 0 aromatic heterocycles. The van der Waals surface area contributed by atoms with E-state index in [1.807, 2.05) is 13.8 Å². The summed E-state index contributed by atoms with van der Waals surface area (Å²) in [6, 6.07) is 7.36. The number of unbranched alkanes of at least 4 members (excludes halogenated alkanes) is 2. The first-order valence-corrected chi connectivity index (χ1v) is 15.9. The zero-order valence-electron chi connectivity index (χ0n) is 25.1. The van der Waals surface area contributed by atoms with Crippen molar-refractivity contribution in [3.05, 3.63) is 59.2 Å². The van der Waals surface area contributed by atoms with E-state index in [0.717, 1.165) is 49.2 Å². The first-order valence-electron chi connectivity index (χ1n) is 15.9. The van der Waals surface area contributed by atoms with Gasteiger partial charge in [0.2, 0.25) is 0 Å². The maximum absolute atomic E-state index is 9.79. The van der Waals surface area contributed by atoms with Gasteiger partial charge in [-0.2, -0.15) is 0 Å². The van der Waals surface area contributed by atoms with Gasteiger partial charge in [-0.05, 0) is 123 Å². The third-order valence-electron chi connectivity index (χ3n) is 8.83. The first kappa shape index (κ1) is 31.6. The van der Waals surface area contributed by atoms with Crippen LogP contribution in [0.4, 0.5) is 0 Å². The zero-order chi connectivity index (χ0) is 27.0. The van der Waals surface area contributed by atoms with Crippen molar-refractivity contribution >= 4 is 6.29 Å². The molecule has 0 bridgehead atoms. The highest BCUT2D eigenvalue weighted by Gasteiger charge is 2.26. The molecule has 3 aliphatic rings. The van der Waals surface area contributed by atoms with Crippen molar-refractivity contribution in [1.29, 1.82) is 0 Å². The van der Waals surface area contributed by atoms with Gasteiger partial charge in [-0.15, -0.1) is 0 Å². The first-order chi connectivity index (χ1) is 18.0.